The predicted octanol–water partition coefficient (Wildman–Crippen LogP) is 3.15. The first-order valence-electron chi connectivity index (χ1n) is 8.26. The average molecular weight is 337 g/mol. The van der Waals surface area contributed by atoms with E-state index in [9.17, 15) is 4.79 Å². The summed E-state index contributed by atoms with van der Waals surface area (Å²) >= 11 is 0. The molecule has 0 aliphatic carbocycles. The van der Waals surface area contributed by atoms with Gasteiger partial charge in [-0.3, -0.25) is 14.2 Å². The first-order valence-corrected chi connectivity index (χ1v) is 8.26. The number of carbonyl (C=O) groups excluding carboxylic acids is 1. The van der Waals surface area contributed by atoms with Gasteiger partial charge < -0.3 is 5.32 Å². The Hall–Kier alpha value is -2.89. The van der Waals surface area contributed by atoms with Crippen molar-refractivity contribution in [2.45, 2.75) is 34.2 Å². The van der Waals surface area contributed by atoms with E-state index in [0.717, 1.165) is 22.8 Å². The van der Waals surface area contributed by atoms with Crippen molar-refractivity contribution in [3.63, 3.8) is 0 Å². The second-order valence-corrected chi connectivity index (χ2v) is 6.41. The van der Waals surface area contributed by atoms with Crippen LogP contribution < -0.4 is 5.32 Å². The number of benzene rings is 1. The van der Waals surface area contributed by atoms with Crippen LogP contribution in [-0.4, -0.2) is 25.5 Å². The summed E-state index contributed by atoms with van der Waals surface area (Å²) in [6, 6.07) is 8.38. The van der Waals surface area contributed by atoms with Gasteiger partial charge in [-0.05, 0) is 33.3 Å². The molecule has 0 spiro atoms. The van der Waals surface area contributed by atoms with Crippen molar-refractivity contribution in [2.24, 2.45) is 7.05 Å². The normalized spacial score (nSPS) is 10.9. The molecule has 3 rings (SSSR count). The van der Waals surface area contributed by atoms with E-state index in [1.807, 2.05) is 32.5 Å². The summed E-state index contributed by atoms with van der Waals surface area (Å²) in [4.78, 5) is 12.6. The summed E-state index contributed by atoms with van der Waals surface area (Å²) in [5.74, 6) is -0.160. The van der Waals surface area contributed by atoms with Crippen LogP contribution in [0, 0.1) is 27.7 Å². The van der Waals surface area contributed by atoms with Crippen LogP contribution in [0.4, 0.5) is 5.69 Å². The van der Waals surface area contributed by atoms with Crippen LogP contribution in [0.1, 0.15) is 38.6 Å². The molecule has 2 aromatic heterocycles. The summed E-state index contributed by atoms with van der Waals surface area (Å²) in [6.45, 7) is 8.50. The molecule has 0 bridgehead atoms. The van der Waals surface area contributed by atoms with Crippen molar-refractivity contribution in [1.29, 1.82) is 0 Å². The molecule has 3 aromatic rings. The smallest absolute Gasteiger partial charge is 0.259 e. The number of nitrogens with zero attached hydrogens (tertiary/aromatic N) is 4. The summed E-state index contributed by atoms with van der Waals surface area (Å²) < 4.78 is 3.61. The molecular formula is C19H23N5O. The van der Waals surface area contributed by atoms with Crippen molar-refractivity contribution in [3.05, 3.63) is 64.2 Å². The Kier molecular flexibility index (Phi) is 4.44. The zero-order valence-electron chi connectivity index (χ0n) is 15.3. The maximum Gasteiger partial charge on any atom is 0.259 e. The molecule has 0 unspecified atom stereocenters. The molecule has 6 nitrogen and oxygen atoms in total. The van der Waals surface area contributed by atoms with Gasteiger partial charge in [0.2, 0.25) is 0 Å². The molecule has 0 fully saturated rings. The fraction of sp³-hybridized carbons (Fsp3) is 0.316. The minimum absolute atomic E-state index is 0.160. The highest BCUT2D eigenvalue weighted by molar-refractivity contribution is 6.05. The van der Waals surface area contributed by atoms with Crippen LogP contribution in [0.5, 0.6) is 0 Å². The molecule has 0 atom stereocenters. The van der Waals surface area contributed by atoms with Gasteiger partial charge in [-0.15, -0.1) is 0 Å². The zero-order valence-corrected chi connectivity index (χ0v) is 15.3. The van der Waals surface area contributed by atoms with Crippen molar-refractivity contribution in [3.8, 4) is 0 Å². The van der Waals surface area contributed by atoms with Crippen molar-refractivity contribution < 1.29 is 4.79 Å². The number of amides is 1. The van der Waals surface area contributed by atoms with Crippen LogP contribution in [0.2, 0.25) is 0 Å². The molecule has 0 saturated heterocycles. The van der Waals surface area contributed by atoms with Gasteiger partial charge in [0, 0.05) is 12.7 Å². The van der Waals surface area contributed by atoms with Crippen LogP contribution in [0.25, 0.3) is 0 Å². The number of hydrogen-bond acceptors (Lipinski definition) is 3. The lowest BCUT2D eigenvalue weighted by atomic mass is 10.1. The van der Waals surface area contributed by atoms with E-state index in [0.29, 0.717) is 12.1 Å². The molecule has 6 heteroatoms. The molecule has 0 radical (unpaired) electrons. The highest BCUT2D eigenvalue weighted by Gasteiger charge is 2.18. The summed E-state index contributed by atoms with van der Waals surface area (Å²) in [6.07, 6.45) is 1.59. The Morgan fingerprint density at radius 2 is 1.76 bits per heavy atom. The fourth-order valence-electron chi connectivity index (χ4n) is 2.80. The molecule has 0 saturated carbocycles. The SMILES string of the molecule is Cc1ccc(Cn2nc(C)c(NC(=O)c3cnn(C)c3C)c2C)cc1. The van der Waals surface area contributed by atoms with Crippen LogP contribution in [0.15, 0.2) is 30.5 Å². The first kappa shape index (κ1) is 17.0. The molecule has 0 aliphatic rings. The van der Waals surface area contributed by atoms with Gasteiger partial charge in [0.1, 0.15) is 0 Å². The standard InChI is InChI=1S/C19H23N5O/c1-12-6-8-16(9-7-12)11-24-15(4)18(13(2)22-24)21-19(25)17-10-20-23(5)14(17)3/h6-10H,11H2,1-5H3,(H,21,25). The monoisotopic (exact) mass is 337 g/mol. The Morgan fingerprint density at radius 3 is 2.36 bits per heavy atom. The molecule has 25 heavy (non-hydrogen) atoms. The first-order chi connectivity index (χ1) is 11.9. The lowest BCUT2D eigenvalue weighted by molar-refractivity contribution is 0.102. The van der Waals surface area contributed by atoms with E-state index in [1.54, 1.807) is 10.9 Å². The molecule has 0 aliphatic heterocycles. The molecule has 1 amide bonds. The van der Waals surface area contributed by atoms with E-state index in [2.05, 4.69) is 46.7 Å². The van der Waals surface area contributed by atoms with Gasteiger partial charge >= 0.3 is 0 Å². The minimum atomic E-state index is -0.160. The number of nitrogens with one attached hydrogen (secondary N) is 1. The maximum atomic E-state index is 12.6. The van der Waals surface area contributed by atoms with Gasteiger partial charge in [0.25, 0.3) is 5.91 Å². The van der Waals surface area contributed by atoms with Gasteiger partial charge in [-0.2, -0.15) is 10.2 Å². The minimum Gasteiger partial charge on any atom is -0.319 e. The maximum absolute atomic E-state index is 12.6. The van der Waals surface area contributed by atoms with Crippen LogP contribution in [0.3, 0.4) is 0 Å². The van der Waals surface area contributed by atoms with Crippen LogP contribution >= 0.6 is 0 Å². The highest BCUT2D eigenvalue weighted by atomic mass is 16.1. The Morgan fingerprint density at radius 1 is 1.08 bits per heavy atom. The number of anilines is 1. The molecule has 2 heterocycles. The molecule has 130 valence electrons. The quantitative estimate of drug-likeness (QED) is 0.795. The van der Waals surface area contributed by atoms with Crippen molar-refractivity contribution in [1.82, 2.24) is 19.6 Å². The Labute approximate surface area is 147 Å². The number of aromatic nitrogens is 4. The van der Waals surface area contributed by atoms with Crippen molar-refractivity contribution >= 4 is 11.6 Å². The number of carbonyl (C=O) groups is 1. The summed E-state index contributed by atoms with van der Waals surface area (Å²) in [5.41, 5.74) is 6.33. The Balaban J connectivity index is 1.83. The second kappa shape index (κ2) is 6.55. The van der Waals surface area contributed by atoms with E-state index in [1.165, 1.54) is 11.1 Å². The van der Waals surface area contributed by atoms with Crippen LogP contribution in [-0.2, 0) is 13.6 Å². The largest absolute Gasteiger partial charge is 0.319 e. The molecule has 1 aromatic carbocycles. The third-order valence-corrected chi connectivity index (χ3v) is 4.55. The van der Waals surface area contributed by atoms with E-state index >= 15 is 0 Å². The number of rotatable bonds is 4. The summed E-state index contributed by atoms with van der Waals surface area (Å²) in [5, 5.41) is 11.7. The van der Waals surface area contributed by atoms with Gasteiger partial charge in [-0.1, -0.05) is 29.8 Å². The number of aryl methyl sites for hydroxylation is 3. The third-order valence-electron chi connectivity index (χ3n) is 4.55. The number of hydrogen-bond donors (Lipinski definition) is 1. The van der Waals surface area contributed by atoms with Gasteiger partial charge in [0.05, 0.1) is 35.4 Å². The predicted molar refractivity (Wildman–Crippen MR) is 97.9 cm³/mol. The van der Waals surface area contributed by atoms with E-state index in [4.69, 9.17) is 0 Å². The van der Waals surface area contributed by atoms with Gasteiger partial charge in [-0.25, -0.2) is 0 Å². The summed E-state index contributed by atoms with van der Waals surface area (Å²) in [7, 11) is 1.82. The molecular weight excluding hydrogens is 314 g/mol. The van der Waals surface area contributed by atoms with E-state index < -0.39 is 0 Å². The second-order valence-electron chi connectivity index (χ2n) is 6.41. The lowest BCUT2D eigenvalue weighted by Gasteiger charge is -2.07. The Bertz CT molecular complexity index is 918. The van der Waals surface area contributed by atoms with E-state index in [-0.39, 0.29) is 5.91 Å². The highest BCUT2D eigenvalue weighted by Crippen LogP contribution is 2.22. The average Bonchev–Trinajstić information content (AvgIpc) is 3.04. The lowest BCUT2D eigenvalue weighted by Crippen LogP contribution is -2.14. The zero-order chi connectivity index (χ0) is 18.1. The fourth-order valence-corrected chi connectivity index (χ4v) is 2.80. The topological polar surface area (TPSA) is 64.7 Å². The third kappa shape index (κ3) is 3.33. The van der Waals surface area contributed by atoms with Gasteiger partial charge in [0.15, 0.2) is 0 Å². The molecule has 1 N–H and O–H groups in total. The van der Waals surface area contributed by atoms with Crippen molar-refractivity contribution in [2.75, 3.05) is 5.32 Å².